The van der Waals surface area contributed by atoms with Crippen LogP contribution < -0.4 is 14.4 Å². The summed E-state index contributed by atoms with van der Waals surface area (Å²) in [6.07, 6.45) is 0. The fraction of sp³-hybridized carbons (Fsp3) is 0.538. The number of hydrogen-bond acceptors (Lipinski definition) is 3. The first-order valence-electron chi connectivity index (χ1n) is 6.07. The third-order valence-corrected chi connectivity index (χ3v) is 2.98. The van der Waals surface area contributed by atoms with Gasteiger partial charge in [-0.25, -0.2) is 0 Å². The Hall–Kier alpha value is -1.26. The maximum absolute atomic E-state index is 5.74. The number of ether oxygens (including phenoxy) is 3. The SMILES string of the molecule is COc1ccccc1OCC[NH+]1CCOCC1. The van der Waals surface area contributed by atoms with Gasteiger partial charge in [0, 0.05) is 0 Å². The molecule has 0 aliphatic carbocycles. The predicted octanol–water partition coefficient (Wildman–Crippen LogP) is -0.0109. The molecule has 4 nitrogen and oxygen atoms in total. The molecule has 1 N–H and O–H groups in total. The van der Waals surface area contributed by atoms with Crippen molar-refractivity contribution in [2.45, 2.75) is 0 Å². The van der Waals surface area contributed by atoms with E-state index in [0.717, 1.165) is 51.0 Å². The molecule has 17 heavy (non-hydrogen) atoms. The van der Waals surface area contributed by atoms with Gasteiger partial charge >= 0.3 is 0 Å². The quantitative estimate of drug-likeness (QED) is 0.783. The highest BCUT2D eigenvalue weighted by atomic mass is 16.5. The second kappa shape index (κ2) is 6.47. The third-order valence-electron chi connectivity index (χ3n) is 2.98. The van der Waals surface area contributed by atoms with Crippen LogP contribution in [-0.4, -0.2) is 46.6 Å². The molecule has 0 unspecified atom stereocenters. The van der Waals surface area contributed by atoms with Crippen LogP contribution in [0.1, 0.15) is 0 Å². The van der Waals surface area contributed by atoms with Crippen molar-refractivity contribution in [1.29, 1.82) is 0 Å². The van der Waals surface area contributed by atoms with Gasteiger partial charge in [-0.3, -0.25) is 0 Å². The largest absolute Gasteiger partial charge is 0.493 e. The summed E-state index contributed by atoms with van der Waals surface area (Å²) in [7, 11) is 1.66. The standard InChI is InChI=1S/C13H19NO3/c1-15-12-4-2-3-5-13(12)17-11-8-14-6-9-16-10-7-14/h2-5H,6-11H2,1H3/p+1. The molecule has 0 spiro atoms. The highest BCUT2D eigenvalue weighted by Crippen LogP contribution is 2.25. The molecule has 2 rings (SSSR count). The van der Waals surface area contributed by atoms with Crippen molar-refractivity contribution in [1.82, 2.24) is 0 Å². The third kappa shape index (κ3) is 3.61. The Morgan fingerprint density at radius 1 is 1.18 bits per heavy atom. The maximum Gasteiger partial charge on any atom is 0.161 e. The Balaban J connectivity index is 1.77. The van der Waals surface area contributed by atoms with Gasteiger partial charge in [0.25, 0.3) is 0 Å². The van der Waals surface area contributed by atoms with Crippen LogP contribution in [0.5, 0.6) is 11.5 Å². The van der Waals surface area contributed by atoms with Gasteiger partial charge in [-0.1, -0.05) is 12.1 Å². The van der Waals surface area contributed by atoms with Crippen molar-refractivity contribution in [3.63, 3.8) is 0 Å². The van der Waals surface area contributed by atoms with Crippen LogP contribution in [-0.2, 0) is 4.74 Å². The zero-order valence-electron chi connectivity index (χ0n) is 10.3. The number of nitrogens with one attached hydrogen (secondary N) is 1. The molecule has 0 radical (unpaired) electrons. The average molecular weight is 238 g/mol. The minimum atomic E-state index is 0.718. The van der Waals surface area contributed by atoms with Crippen LogP contribution in [0.4, 0.5) is 0 Å². The molecule has 0 saturated carbocycles. The lowest BCUT2D eigenvalue weighted by atomic mass is 10.3. The lowest BCUT2D eigenvalue weighted by molar-refractivity contribution is -0.908. The van der Waals surface area contributed by atoms with Gasteiger partial charge in [0.15, 0.2) is 11.5 Å². The van der Waals surface area contributed by atoms with Crippen LogP contribution in [0.2, 0.25) is 0 Å². The molecule has 0 aromatic heterocycles. The predicted molar refractivity (Wildman–Crippen MR) is 64.9 cm³/mol. The van der Waals surface area contributed by atoms with Gasteiger partial charge in [-0.2, -0.15) is 0 Å². The molecule has 1 saturated heterocycles. The Morgan fingerprint density at radius 3 is 2.59 bits per heavy atom. The fourth-order valence-corrected chi connectivity index (χ4v) is 1.95. The number of hydrogen-bond donors (Lipinski definition) is 1. The smallest absolute Gasteiger partial charge is 0.161 e. The first kappa shape index (κ1) is 12.2. The molecule has 1 aliphatic heterocycles. The second-order valence-corrected chi connectivity index (χ2v) is 4.11. The lowest BCUT2D eigenvalue weighted by Crippen LogP contribution is -3.14. The van der Waals surface area contributed by atoms with E-state index in [1.807, 2.05) is 24.3 Å². The Bertz CT molecular complexity index is 337. The van der Waals surface area contributed by atoms with Crippen molar-refractivity contribution >= 4 is 0 Å². The van der Waals surface area contributed by atoms with Gasteiger partial charge in [0.2, 0.25) is 0 Å². The lowest BCUT2D eigenvalue weighted by Gasteiger charge is -2.23. The fourth-order valence-electron chi connectivity index (χ4n) is 1.95. The molecule has 1 aliphatic rings. The molecule has 0 amide bonds. The van der Waals surface area contributed by atoms with Gasteiger partial charge in [0.05, 0.1) is 20.3 Å². The minimum absolute atomic E-state index is 0.718. The normalized spacial score (nSPS) is 16.8. The molecule has 0 atom stereocenters. The van der Waals surface area contributed by atoms with E-state index in [1.54, 1.807) is 12.0 Å². The molecule has 0 bridgehead atoms. The molecule has 4 heteroatoms. The van der Waals surface area contributed by atoms with Gasteiger partial charge < -0.3 is 19.1 Å². The van der Waals surface area contributed by atoms with Crippen molar-refractivity contribution < 1.29 is 19.1 Å². The molecule has 1 aromatic carbocycles. The summed E-state index contributed by atoms with van der Waals surface area (Å²) in [6.45, 7) is 5.62. The van der Waals surface area contributed by atoms with Crippen LogP contribution in [0.25, 0.3) is 0 Å². The van der Waals surface area contributed by atoms with E-state index in [-0.39, 0.29) is 0 Å². The summed E-state index contributed by atoms with van der Waals surface area (Å²) >= 11 is 0. The Labute approximate surface area is 102 Å². The summed E-state index contributed by atoms with van der Waals surface area (Å²) in [6, 6.07) is 7.75. The van der Waals surface area contributed by atoms with Crippen LogP contribution in [0.15, 0.2) is 24.3 Å². The molecule has 1 aromatic rings. The average Bonchev–Trinajstić information content (AvgIpc) is 2.40. The molecular formula is C13H20NO3+. The Kier molecular flexibility index (Phi) is 4.64. The Morgan fingerprint density at radius 2 is 1.88 bits per heavy atom. The minimum Gasteiger partial charge on any atom is -0.493 e. The number of quaternary nitrogens is 1. The van der Waals surface area contributed by atoms with Crippen molar-refractivity contribution in [2.24, 2.45) is 0 Å². The van der Waals surface area contributed by atoms with Crippen molar-refractivity contribution in [3.8, 4) is 11.5 Å². The monoisotopic (exact) mass is 238 g/mol. The zero-order chi connectivity index (χ0) is 11.9. The number of morpholine rings is 1. The molecule has 1 fully saturated rings. The first-order chi connectivity index (χ1) is 8.40. The number of benzene rings is 1. The molecular weight excluding hydrogens is 218 g/mol. The van der Waals surface area contributed by atoms with Crippen LogP contribution in [0, 0.1) is 0 Å². The highest BCUT2D eigenvalue weighted by Gasteiger charge is 2.13. The van der Waals surface area contributed by atoms with E-state index in [1.165, 1.54) is 0 Å². The zero-order valence-corrected chi connectivity index (χ0v) is 10.3. The van der Waals surface area contributed by atoms with Crippen molar-refractivity contribution in [2.75, 3.05) is 46.6 Å². The van der Waals surface area contributed by atoms with E-state index in [4.69, 9.17) is 14.2 Å². The first-order valence-corrected chi connectivity index (χ1v) is 6.07. The second-order valence-electron chi connectivity index (χ2n) is 4.11. The summed E-state index contributed by atoms with van der Waals surface area (Å²) in [5.41, 5.74) is 0. The number of para-hydroxylation sites is 2. The van der Waals surface area contributed by atoms with Gasteiger partial charge in [-0.05, 0) is 12.1 Å². The summed E-state index contributed by atoms with van der Waals surface area (Å²) in [4.78, 5) is 1.55. The topological polar surface area (TPSA) is 32.1 Å². The number of methoxy groups -OCH3 is 1. The summed E-state index contributed by atoms with van der Waals surface area (Å²) in [5.74, 6) is 1.62. The van der Waals surface area contributed by atoms with E-state index in [9.17, 15) is 0 Å². The van der Waals surface area contributed by atoms with Gasteiger partial charge in [0.1, 0.15) is 26.2 Å². The van der Waals surface area contributed by atoms with E-state index < -0.39 is 0 Å². The molecule has 94 valence electrons. The van der Waals surface area contributed by atoms with Crippen LogP contribution >= 0.6 is 0 Å². The van der Waals surface area contributed by atoms with E-state index in [0.29, 0.717) is 0 Å². The van der Waals surface area contributed by atoms with E-state index in [2.05, 4.69) is 0 Å². The van der Waals surface area contributed by atoms with Crippen LogP contribution in [0.3, 0.4) is 0 Å². The van der Waals surface area contributed by atoms with Crippen molar-refractivity contribution in [3.05, 3.63) is 24.3 Å². The van der Waals surface area contributed by atoms with E-state index >= 15 is 0 Å². The molecule has 1 heterocycles. The van der Waals surface area contributed by atoms with Gasteiger partial charge in [-0.15, -0.1) is 0 Å². The maximum atomic E-state index is 5.74. The summed E-state index contributed by atoms with van der Waals surface area (Å²) < 4.78 is 16.3. The summed E-state index contributed by atoms with van der Waals surface area (Å²) in [5, 5.41) is 0. The number of rotatable bonds is 5. The highest BCUT2D eigenvalue weighted by molar-refractivity contribution is 5.39.